The van der Waals surface area contributed by atoms with Crippen LogP contribution in [0.3, 0.4) is 0 Å². The molecule has 4 nitrogen and oxygen atoms in total. The van der Waals surface area contributed by atoms with Crippen molar-refractivity contribution in [3.05, 3.63) is 64.6 Å². The van der Waals surface area contributed by atoms with Crippen molar-refractivity contribution in [1.82, 2.24) is 5.32 Å². The third kappa shape index (κ3) is 4.95. The van der Waals surface area contributed by atoms with Gasteiger partial charge in [-0.25, -0.2) is 0 Å². The smallest absolute Gasteiger partial charge is 0.352 e. The normalized spacial score (nSPS) is 18.4. The summed E-state index contributed by atoms with van der Waals surface area (Å²) in [6.45, 7) is -0.0999. The van der Waals surface area contributed by atoms with Gasteiger partial charge in [0.2, 0.25) is 5.91 Å². The number of carbonyl (C=O) groups is 2. The minimum atomic E-state index is -4.41. The van der Waals surface area contributed by atoms with Crippen LogP contribution in [0.25, 0.3) is 6.08 Å². The number of anilines is 1. The van der Waals surface area contributed by atoms with Gasteiger partial charge in [0.05, 0.1) is 16.2 Å². The Morgan fingerprint density at radius 3 is 2.45 bits per heavy atom. The zero-order valence-corrected chi connectivity index (χ0v) is 17.4. The van der Waals surface area contributed by atoms with E-state index in [4.69, 9.17) is 0 Å². The molecule has 2 aromatic rings. The average Bonchev–Trinajstić information content (AvgIpc) is 3.24. The van der Waals surface area contributed by atoms with Crippen LogP contribution >= 0.6 is 11.8 Å². The molecule has 2 aromatic carbocycles. The molecule has 0 atom stereocenters. The predicted octanol–water partition coefficient (Wildman–Crippen LogP) is 5.24. The molecule has 1 fully saturated rings. The second-order valence-corrected chi connectivity index (χ2v) is 8.72. The van der Waals surface area contributed by atoms with Crippen molar-refractivity contribution in [3.63, 3.8) is 0 Å². The van der Waals surface area contributed by atoms with Gasteiger partial charge in [-0.2, -0.15) is 13.2 Å². The summed E-state index contributed by atoms with van der Waals surface area (Å²) in [5.74, 6) is -0.555. The third-order valence-corrected chi connectivity index (χ3v) is 6.47. The monoisotopic (exact) mass is 446 g/mol. The van der Waals surface area contributed by atoms with E-state index in [-0.39, 0.29) is 24.4 Å². The molecule has 162 valence electrons. The molecule has 2 amide bonds. The lowest BCUT2D eigenvalue weighted by atomic mass is 10.1. The molecule has 2 aliphatic rings. The Morgan fingerprint density at radius 2 is 1.77 bits per heavy atom. The van der Waals surface area contributed by atoms with Gasteiger partial charge in [0.1, 0.15) is 6.54 Å². The summed E-state index contributed by atoms with van der Waals surface area (Å²) in [6.07, 6.45) is 1.23. The highest BCUT2D eigenvalue weighted by Crippen LogP contribution is 2.42. The Kier molecular flexibility index (Phi) is 6.09. The van der Waals surface area contributed by atoms with E-state index in [2.05, 4.69) is 5.32 Å². The molecular weight excluding hydrogens is 425 g/mol. The molecule has 0 saturated heterocycles. The Bertz CT molecular complexity index is 1010. The maximum absolute atomic E-state index is 13.2. The van der Waals surface area contributed by atoms with E-state index in [1.807, 2.05) is 12.1 Å². The van der Waals surface area contributed by atoms with Crippen molar-refractivity contribution >= 4 is 35.3 Å². The first-order valence-electron chi connectivity index (χ1n) is 10.1. The first-order valence-corrected chi connectivity index (χ1v) is 10.9. The number of benzene rings is 2. The van der Waals surface area contributed by atoms with Crippen molar-refractivity contribution in [3.8, 4) is 0 Å². The lowest BCUT2D eigenvalue weighted by molar-refractivity contribution is -0.137. The molecular formula is C23H21F3N2O2S. The van der Waals surface area contributed by atoms with Crippen molar-refractivity contribution < 1.29 is 22.8 Å². The number of nitrogens with zero attached hydrogens (tertiary/aromatic N) is 1. The number of rotatable bonds is 4. The Labute approximate surface area is 182 Å². The van der Waals surface area contributed by atoms with E-state index < -0.39 is 11.7 Å². The number of alkyl halides is 3. The number of fused-ring (bicyclic) bond motifs is 1. The number of hydrogen-bond donors (Lipinski definition) is 1. The zero-order valence-electron chi connectivity index (χ0n) is 16.6. The molecule has 0 aromatic heterocycles. The predicted molar refractivity (Wildman–Crippen MR) is 114 cm³/mol. The van der Waals surface area contributed by atoms with Gasteiger partial charge in [-0.15, -0.1) is 0 Å². The minimum Gasteiger partial charge on any atom is -0.352 e. The fourth-order valence-corrected chi connectivity index (χ4v) is 4.88. The topological polar surface area (TPSA) is 49.4 Å². The number of nitrogens with one attached hydrogen (secondary N) is 1. The number of thioether (sulfide) groups is 1. The van der Waals surface area contributed by atoms with Crippen LogP contribution < -0.4 is 10.2 Å². The molecule has 1 aliphatic carbocycles. The minimum absolute atomic E-state index is 0.0999. The van der Waals surface area contributed by atoms with Crippen LogP contribution in [-0.4, -0.2) is 24.4 Å². The molecule has 4 rings (SSSR count). The standard InChI is InChI=1S/C23H21F3N2O2S/c24-23(25,26)16-11-9-15(10-12-16)13-20-22(30)28(18-7-3-4-8-19(18)31-20)14-21(29)27-17-5-1-2-6-17/h3-4,7-13,17H,1-2,5-6,14H2,(H,27,29)/b20-13+. The molecule has 0 bridgehead atoms. The Morgan fingerprint density at radius 1 is 1.10 bits per heavy atom. The summed E-state index contributed by atoms with van der Waals surface area (Å²) in [7, 11) is 0. The molecule has 1 aliphatic heterocycles. The van der Waals surface area contributed by atoms with Gasteiger partial charge >= 0.3 is 6.18 Å². The van der Waals surface area contributed by atoms with Crippen molar-refractivity contribution in [2.45, 2.75) is 42.8 Å². The van der Waals surface area contributed by atoms with Gasteiger partial charge in [0.15, 0.2) is 0 Å². The summed E-state index contributed by atoms with van der Waals surface area (Å²) >= 11 is 1.25. The van der Waals surface area contributed by atoms with Crippen LogP contribution in [0.15, 0.2) is 58.3 Å². The van der Waals surface area contributed by atoms with Crippen molar-refractivity contribution in [2.75, 3.05) is 11.4 Å². The highest BCUT2D eigenvalue weighted by Gasteiger charge is 2.32. The second-order valence-electron chi connectivity index (χ2n) is 7.64. The van der Waals surface area contributed by atoms with Crippen LogP contribution in [0, 0.1) is 0 Å². The van der Waals surface area contributed by atoms with E-state index in [1.165, 1.54) is 28.8 Å². The van der Waals surface area contributed by atoms with Crippen molar-refractivity contribution in [2.24, 2.45) is 0 Å². The van der Waals surface area contributed by atoms with Crippen molar-refractivity contribution in [1.29, 1.82) is 0 Å². The van der Waals surface area contributed by atoms with E-state index >= 15 is 0 Å². The molecule has 0 unspecified atom stereocenters. The number of carbonyl (C=O) groups excluding carboxylic acids is 2. The van der Waals surface area contributed by atoms with E-state index in [0.717, 1.165) is 42.7 Å². The van der Waals surface area contributed by atoms with E-state index in [0.29, 0.717) is 16.2 Å². The summed E-state index contributed by atoms with van der Waals surface area (Å²) in [6, 6.07) is 12.1. The number of amides is 2. The summed E-state index contributed by atoms with van der Waals surface area (Å²) in [5.41, 5.74) is 0.398. The van der Waals surface area contributed by atoms with E-state index in [9.17, 15) is 22.8 Å². The number of halogens is 3. The molecule has 0 radical (unpaired) electrons. The number of hydrogen-bond acceptors (Lipinski definition) is 3. The lowest BCUT2D eigenvalue weighted by Gasteiger charge is -2.30. The summed E-state index contributed by atoms with van der Waals surface area (Å²) < 4.78 is 38.4. The van der Waals surface area contributed by atoms with Gasteiger partial charge in [-0.3, -0.25) is 14.5 Å². The first-order chi connectivity index (χ1) is 14.8. The largest absolute Gasteiger partial charge is 0.416 e. The lowest BCUT2D eigenvalue weighted by Crippen LogP contribution is -2.45. The van der Waals surface area contributed by atoms with Crippen LogP contribution in [0.2, 0.25) is 0 Å². The van der Waals surface area contributed by atoms with Gasteiger partial charge in [-0.05, 0) is 48.7 Å². The third-order valence-electron chi connectivity index (χ3n) is 5.39. The highest BCUT2D eigenvalue weighted by molar-refractivity contribution is 8.04. The van der Waals surface area contributed by atoms with Crippen LogP contribution in [0.4, 0.5) is 18.9 Å². The molecule has 1 saturated carbocycles. The van der Waals surface area contributed by atoms with E-state index in [1.54, 1.807) is 18.2 Å². The highest BCUT2D eigenvalue weighted by atomic mass is 32.2. The Hall–Kier alpha value is -2.74. The maximum Gasteiger partial charge on any atom is 0.416 e. The molecule has 1 N–H and O–H groups in total. The summed E-state index contributed by atoms with van der Waals surface area (Å²) in [5, 5.41) is 3.00. The molecule has 1 heterocycles. The fraction of sp³-hybridized carbons (Fsp3) is 0.304. The summed E-state index contributed by atoms with van der Waals surface area (Å²) in [4.78, 5) is 28.4. The SMILES string of the molecule is O=C(CN1C(=O)/C(=C\c2ccc(C(F)(F)F)cc2)Sc2ccccc21)NC1CCCC1. The maximum atomic E-state index is 13.2. The average molecular weight is 446 g/mol. The molecule has 8 heteroatoms. The van der Waals surface area contributed by atoms with Gasteiger partial charge in [0.25, 0.3) is 5.91 Å². The first kappa shape index (κ1) is 21.5. The van der Waals surface area contributed by atoms with Crippen LogP contribution in [0.5, 0.6) is 0 Å². The quantitative estimate of drug-likeness (QED) is 0.653. The Balaban J connectivity index is 1.58. The van der Waals surface area contributed by atoms with Crippen LogP contribution in [-0.2, 0) is 15.8 Å². The zero-order chi connectivity index (χ0) is 22.0. The second kappa shape index (κ2) is 8.78. The number of para-hydroxylation sites is 1. The fourth-order valence-electron chi connectivity index (χ4n) is 3.83. The van der Waals surface area contributed by atoms with Gasteiger partial charge < -0.3 is 5.32 Å². The molecule has 0 spiro atoms. The van der Waals surface area contributed by atoms with Gasteiger partial charge in [-0.1, -0.05) is 48.9 Å². The van der Waals surface area contributed by atoms with Gasteiger partial charge in [0, 0.05) is 10.9 Å². The van der Waals surface area contributed by atoms with Crippen LogP contribution in [0.1, 0.15) is 36.8 Å². The molecule has 31 heavy (non-hydrogen) atoms.